The van der Waals surface area contributed by atoms with Crippen molar-refractivity contribution >= 4 is 30.8 Å². The molecule has 80 valence electrons. The molecule has 0 aliphatic carbocycles. The van der Waals surface area contributed by atoms with Crippen molar-refractivity contribution in [3.63, 3.8) is 0 Å². The summed E-state index contributed by atoms with van der Waals surface area (Å²) in [5.41, 5.74) is 0.874. The molecule has 1 aromatic heterocycles. The number of aromatic nitrogens is 2. The molecule has 7 heteroatoms. The topological polar surface area (TPSA) is 72.1 Å². The van der Waals surface area contributed by atoms with Crippen molar-refractivity contribution in [1.82, 2.24) is 9.97 Å². The van der Waals surface area contributed by atoms with Gasteiger partial charge >= 0.3 is 0 Å². The van der Waals surface area contributed by atoms with E-state index in [4.69, 9.17) is 15.4 Å². The van der Waals surface area contributed by atoms with Crippen LogP contribution in [-0.4, -0.2) is 25.5 Å². The first-order valence-corrected chi connectivity index (χ1v) is 6.29. The van der Waals surface area contributed by atoms with Crippen molar-refractivity contribution < 1.29 is 13.2 Å². The number of imidazole rings is 1. The minimum Gasteiger partial charge on any atom is -0.497 e. The van der Waals surface area contributed by atoms with Crippen molar-refractivity contribution in [2.24, 2.45) is 0 Å². The van der Waals surface area contributed by atoms with E-state index in [0.717, 1.165) is 0 Å². The van der Waals surface area contributed by atoms with Crippen LogP contribution in [0.2, 0.25) is 0 Å². The molecule has 1 N–H and O–H groups in total. The summed E-state index contributed by atoms with van der Waals surface area (Å²) >= 11 is 0. The summed E-state index contributed by atoms with van der Waals surface area (Å²) < 4.78 is 27.5. The third-order valence-corrected chi connectivity index (χ3v) is 3.30. The molecule has 0 aliphatic rings. The van der Waals surface area contributed by atoms with Crippen molar-refractivity contribution in [2.45, 2.75) is 4.90 Å². The standard InChI is InChI=1S/C8H7ClN2O3S/c1-14-5-2-6-8(11-4-10-6)7(3-5)15(9,12)13/h2-4H,1H3,(H,10,11). The van der Waals surface area contributed by atoms with Gasteiger partial charge in [-0.25, -0.2) is 13.4 Å². The summed E-state index contributed by atoms with van der Waals surface area (Å²) in [6.45, 7) is 0. The number of nitrogens with zero attached hydrogens (tertiary/aromatic N) is 1. The number of halogens is 1. The molecule has 0 aliphatic heterocycles. The molecule has 2 rings (SSSR count). The van der Waals surface area contributed by atoms with E-state index >= 15 is 0 Å². The van der Waals surface area contributed by atoms with Crippen LogP contribution >= 0.6 is 10.7 Å². The summed E-state index contributed by atoms with van der Waals surface area (Å²) in [5.74, 6) is 0.408. The van der Waals surface area contributed by atoms with Gasteiger partial charge in [0.1, 0.15) is 16.2 Å². The second kappa shape index (κ2) is 3.39. The SMILES string of the molecule is COc1cc(S(=O)(=O)Cl)c2nc[nH]c2c1. The van der Waals surface area contributed by atoms with E-state index in [1.54, 1.807) is 6.07 Å². The van der Waals surface area contributed by atoms with Crippen LogP contribution in [0.3, 0.4) is 0 Å². The molecule has 0 saturated carbocycles. The highest BCUT2D eigenvalue weighted by Crippen LogP contribution is 2.28. The van der Waals surface area contributed by atoms with Crippen LogP contribution in [0.15, 0.2) is 23.4 Å². The molecule has 0 radical (unpaired) electrons. The molecule has 0 bridgehead atoms. The Hall–Kier alpha value is -1.27. The number of nitrogens with one attached hydrogen (secondary N) is 1. The number of benzene rings is 1. The van der Waals surface area contributed by atoms with E-state index in [0.29, 0.717) is 16.8 Å². The number of rotatable bonds is 2. The number of ether oxygens (including phenoxy) is 1. The Balaban J connectivity index is 2.86. The third kappa shape index (κ3) is 1.78. The first kappa shape index (κ1) is 10.3. The molecule has 0 fully saturated rings. The van der Waals surface area contributed by atoms with Crippen LogP contribution < -0.4 is 4.74 Å². The summed E-state index contributed by atoms with van der Waals surface area (Å²) in [6, 6.07) is 2.99. The zero-order valence-corrected chi connectivity index (χ0v) is 9.26. The lowest BCUT2D eigenvalue weighted by atomic mass is 10.3. The molecule has 1 heterocycles. The second-order valence-electron chi connectivity index (χ2n) is 2.86. The van der Waals surface area contributed by atoms with Crippen LogP contribution in [0.1, 0.15) is 0 Å². The third-order valence-electron chi connectivity index (χ3n) is 1.96. The Morgan fingerprint density at radius 2 is 2.20 bits per heavy atom. The van der Waals surface area contributed by atoms with Gasteiger partial charge in [-0.15, -0.1) is 0 Å². The van der Waals surface area contributed by atoms with Crippen LogP contribution in [-0.2, 0) is 9.05 Å². The molecule has 5 nitrogen and oxygen atoms in total. The smallest absolute Gasteiger partial charge is 0.263 e. The van der Waals surface area contributed by atoms with Crippen LogP contribution in [0.4, 0.5) is 0 Å². The van der Waals surface area contributed by atoms with E-state index in [2.05, 4.69) is 9.97 Å². The Labute approximate surface area is 90.5 Å². The maximum Gasteiger partial charge on any atom is 0.263 e. The highest BCUT2D eigenvalue weighted by atomic mass is 35.7. The summed E-state index contributed by atoms with van der Waals surface area (Å²) in [7, 11) is 2.91. The molecule has 0 spiro atoms. The lowest BCUT2D eigenvalue weighted by Gasteiger charge is -2.02. The molecule has 0 unspecified atom stereocenters. The van der Waals surface area contributed by atoms with Gasteiger partial charge in [0.05, 0.1) is 19.0 Å². The lowest BCUT2D eigenvalue weighted by molar-refractivity contribution is 0.414. The lowest BCUT2D eigenvalue weighted by Crippen LogP contribution is -1.94. The molecular formula is C8H7ClN2O3S. The van der Waals surface area contributed by atoms with E-state index in [-0.39, 0.29) is 4.90 Å². The molecule has 2 aromatic rings. The van der Waals surface area contributed by atoms with Gasteiger partial charge in [0, 0.05) is 22.8 Å². The molecule has 0 atom stereocenters. The van der Waals surface area contributed by atoms with Gasteiger partial charge in [0.2, 0.25) is 0 Å². The fraction of sp³-hybridized carbons (Fsp3) is 0.125. The minimum atomic E-state index is -3.82. The normalized spacial score (nSPS) is 11.9. The van der Waals surface area contributed by atoms with Crippen LogP contribution in [0.25, 0.3) is 11.0 Å². The molecule has 15 heavy (non-hydrogen) atoms. The summed E-state index contributed by atoms with van der Waals surface area (Å²) in [4.78, 5) is 6.62. The van der Waals surface area contributed by atoms with Gasteiger partial charge in [0.25, 0.3) is 9.05 Å². The zero-order valence-electron chi connectivity index (χ0n) is 7.69. The maximum atomic E-state index is 11.3. The van der Waals surface area contributed by atoms with Gasteiger partial charge in [-0.3, -0.25) is 0 Å². The van der Waals surface area contributed by atoms with Crippen LogP contribution in [0, 0.1) is 0 Å². The largest absolute Gasteiger partial charge is 0.497 e. The predicted molar refractivity (Wildman–Crippen MR) is 55.7 cm³/mol. The van der Waals surface area contributed by atoms with E-state index in [9.17, 15) is 8.42 Å². The highest BCUT2D eigenvalue weighted by Gasteiger charge is 2.17. The van der Waals surface area contributed by atoms with Gasteiger partial charge in [-0.2, -0.15) is 0 Å². The number of hydrogen-bond acceptors (Lipinski definition) is 4. The van der Waals surface area contributed by atoms with E-state index < -0.39 is 9.05 Å². The number of H-pyrrole nitrogens is 1. The Kier molecular flexibility index (Phi) is 2.32. The van der Waals surface area contributed by atoms with E-state index in [1.807, 2.05) is 0 Å². The Morgan fingerprint density at radius 1 is 1.47 bits per heavy atom. The monoisotopic (exact) mass is 246 g/mol. The molecule has 1 aromatic carbocycles. The van der Waals surface area contributed by atoms with Gasteiger partial charge in [0.15, 0.2) is 0 Å². The Bertz CT molecular complexity index is 605. The minimum absolute atomic E-state index is 0.0558. The molecular weight excluding hydrogens is 240 g/mol. The Morgan fingerprint density at radius 3 is 2.80 bits per heavy atom. The van der Waals surface area contributed by atoms with Gasteiger partial charge in [-0.1, -0.05) is 0 Å². The quantitative estimate of drug-likeness (QED) is 0.815. The highest BCUT2D eigenvalue weighted by molar-refractivity contribution is 8.14. The molecule has 0 amide bonds. The zero-order chi connectivity index (χ0) is 11.1. The second-order valence-corrected chi connectivity index (χ2v) is 5.40. The van der Waals surface area contributed by atoms with Crippen LogP contribution in [0.5, 0.6) is 5.75 Å². The van der Waals surface area contributed by atoms with E-state index in [1.165, 1.54) is 19.5 Å². The number of fused-ring (bicyclic) bond motifs is 1. The number of hydrogen-bond donors (Lipinski definition) is 1. The fourth-order valence-corrected chi connectivity index (χ4v) is 2.30. The average molecular weight is 247 g/mol. The van der Waals surface area contributed by atoms with Crippen molar-refractivity contribution in [3.8, 4) is 5.75 Å². The fourth-order valence-electron chi connectivity index (χ4n) is 1.30. The number of aromatic amines is 1. The van der Waals surface area contributed by atoms with Crippen molar-refractivity contribution in [2.75, 3.05) is 7.11 Å². The van der Waals surface area contributed by atoms with Gasteiger partial charge in [-0.05, 0) is 0 Å². The number of methoxy groups -OCH3 is 1. The first-order valence-electron chi connectivity index (χ1n) is 3.98. The summed E-state index contributed by atoms with van der Waals surface area (Å²) in [6.07, 6.45) is 1.40. The van der Waals surface area contributed by atoms with Crippen molar-refractivity contribution in [1.29, 1.82) is 0 Å². The maximum absolute atomic E-state index is 11.3. The predicted octanol–water partition coefficient (Wildman–Crippen LogP) is 1.50. The first-order chi connectivity index (χ1) is 7.02. The molecule has 0 saturated heterocycles. The van der Waals surface area contributed by atoms with Gasteiger partial charge < -0.3 is 9.72 Å². The van der Waals surface area contributed by atoms with Crippen molar-refractivity contribution in [3.05, 3.63) is 18.5 Å². The summed E-state index contributed by atoms with van der Waals surface area (Å²) in [5, 5.41) is 0. The average Bonchev–Trinajstić information content (AvgIpc) is 2.61.